The van der Waals surface area contributed by atoms with E-state index in [0.717, 1.165) is 14.7 Å². The molecule has 1 N–H and O–H groups in total. The van der Waals surface area contributed by atoms with Crippen LogP contribution in [0, 0.1) is 17.4 Å². The van der Waals surface area contributed by atoms with E-state index >= 15 is 0 Å². The number of hydrogen-bond donors (Lipinski definition) is 1. The third kappa shape index (κ3) is 3.28. The number of anilines is 1. The highest BCUT2D eigenvalue weighted by Gasteiger charge is 2.12. The van der Waals surface area contributed by atoms with E-state index in [0.29, 0.717) is 16.3 Å². The van der Waals surface area contributed by atoms with E-state index in [1.54, 1.807) is 0 Å². The second-order valence-electron chi connectivity index (χ2n) is 4.37. The van der Waals surface area contributed by atoms with Gasteiger partial charge in [0, 0.05) is 3.57 Å². The molecule has 0 radical (unpaired) electrons. The summed E-state index contributed by atoms with van der Waals surface area (Å²) < 4.78 is 0.959. The van der Waals surface area contributed by atoms with Gasteiger partial charge in [-0.2, -0.15) is 0 Å². The van der Waals surface area contributed by atoms with Gasteiger partial charge in [0.1, 0.15) is 0 Å². The SMILES string of the molecule is Cc1ccc(NC(=O)c2cccc(C)c2I)c(Cl)c1. The Bertz CT molecular complexity index is 640. The first-order chi connectivity index (χ1) is 8.99. The van der Waals surface area contributed by atoms with Gasteiger partial charge in [0.25, 0.3) is 5.91 Å². The van der Waals surface area contributed by atoms with Crippen LogP contribution in [0.25, 0.3) is 0 Å². The van der Waals surface area contributed by atoms with Crippen LogP contribution in [-0.4, -0.2) is 5.91 Å². The fourth-order valence-electron chi connectivity index (χ4n) is 1.73. The van der Waals surface area contributed by atoms with Crippen molar-refractivity contribution in [2.45, 2.75) is 13.8 Å². The molecule has 2 rings (SSSR count). The number of carbonyl (C=O) groups excluding carboxylic acids is 1. The largest absolute Gasteiger partial charge is 0.321 e. The van der Waals surface area contributed by atoms with Crippen LogP contribution in [0.15, 0.2) is 36.4 Å². The predicted octanol–water partition coefficient (Wildman–Crippen LogP) is 4.81. The average molecular weight is 386 g/mol. The number of nitrogens with one attached hydrogen (secondary N) is 1. The highest BCUT2D eigenvalue weighted by atomic mass is 127. The molecular formula is C15H13ClINO. The summed E-state index contributed by atoms with van der Waals surface area (Å²) in [4.78, 5) is 12.2. The molecule has 0 aliphatic carbocycles. The van der Waals surface area contributed by atoms with Gasteiger partial charge in [-0.1, -0.05) is 29.8 Å². The zero-order valence-corrected chi connectivity index (χ0v) is 13.5. The summed E-state index contributed by atoms with van der Waals surface area (Å²) in [7, 11) is 0. The minimum atomic E-state index is -0.140. The van der Waals surface area contributed by atoms with Crippen molar-refractivity contribution in [3.05, 3.63) is 61.7 Å². The standard InChI is InChI=1S/C15H13ClINO/c1-9-6-7-13(12(16)8-9)18-15(19)11-5-3-4-10(2)14(11)17/h3-8H,1-2H3,(H,18,19). The Kier molecular flexibility index (Phi) is 4.47. The fraction of sp³-hybridized carbons (Fsp3) is 0.133. The molecule has 0 saturated heterocycles. The molecule has 4 heteroatoms. The van der Waals surface area contributed by atoms with Crippen LogP contribution in [0.1, 0.15) is 21.5 Å². The van der Waals surface area contributed by atoms with Crippen molar-refractivity contribution in [2.24, 2.45) is 0 Å². The maximum Gasteiger partial charge on any atom is 0.256 e. The smallest absolute Gasteiger partial charge is 0.256 e. The average Bonchev–Trinajstić information content (AvgIpc) is 2.36. The fourth-order valence-corrected chi connectivity index (χ4v) is 2.62. The summed E-state index contributed by atoms with van der Waals surface area (Å²) in [5.41, 5.74) is 3.45. The molecule has 0 aliphatic heterocycles. The van der Waals surface area contributed by atoms with Gasteiger partial charge in [-0.3, -0.25) is 4.79 Å². The van der Waals surface area contributed by atoms with Crippen molar-refractivity contribution in [1.29, 1.82) is 0 Å². The van der Waals surface area contributed by atoms with E-state index in [1.807, 2.05) is 50.2 Å². The molecule has 2 aromatic rings. The molecule has 1 amide bonds. The van der Waals surface area contributed by atoms with Gasteiger partial charge < -0.3 is 5.32 Å². The third-order valence-electron chi connectivity index (χ3n) is 2.81. The quantitative estimate of drug-likeness (QED) is 0.738. The van der Waals surface area contributed by atoms with Crippen molar-refractivity contribution < 1.29 is 4.79 Å². The Labute approximate surface area is 131 Å². The van der Waals surface area contributed by atoms with Crippen molar-refractivity contribution in [2.75, 3.05) is 5.32 Å². The minimum Gasteiger partial charge on any atom is -0.321 e. The van der Waals surface area contributed by atoms with Gasteiger partial charge >= 0.3 is 0 Å². The summed E-state index contributed by atoms with van der Waals surface area (Å²) in [6.07, 6.45) is 0. The van der Waals surface area contributed by atoms with Crippen molar-refractivity contribution in [1.82, 2.24) is 0 Å². The molecule has 0 unspecified atom stereocenters. The highest BCUT2D eigenvalue weighted by Crippen LogP contribution is 2.24. The Morgan fingerprint density at radius 3 is 2.63 bits per heavy atom. The molecule has 0 heterocycles. The number of amides is 1. The van der Waals surface area contributed by atoms with E-state index in [-0.39, 0.29) is 5.91 Å². The molecule has 0 atom stereocenters. The van der Waals surface area contributed by atoms with Gasteiger partial charge in [-0.25, -0.2) is 0 Å². The molecule has 0 fully saturated rings. The molecule has 0 aromatic heterocycles. The maximum atomic E-state index is 12.2. The molecule has 2 aromatic carbocycles. The second kappa shape index (κ2) is 5.92. The summed E-state index contributed by atoms with van der Waals surface area (Å²) in [6, 6.07) is 11.2. The Hall–Kier alpha value is -1.07. The van der Waals surface area contributed by atoms with Gasteiger partial charge in [-0.15, -0.1) is 0 Å². The van der Waals surface area contributed by atoms with Crippen LogP contribution >= 0.6 is 34.2 Å². The maximum absolute atomic E-state index is 12.2. The minimum absolute atomic E-state index is 0.140. The molecule has 19 heavy (non-hydrogen) atoms. The summed E-state index contributed by atoms with van der Waals surface area (Å²) >= 11 is 8.30. The summed E-state index contributed by atoms with van der Waals surface area (Å²) in [5, 5.41) is 3.40. The predicted molar refractivity (Wildman–Crippen MR) is 88.0 cm³/mol. The van der Waals surface area contributed by atoms with Crippen LogP contribution in [0.4, 0.5) is 5.69 Å². The molecular weight excluding hydrogens is 373 g/mol. The normalized spacial score (nSPS) is 10.3. The Morgan fingerprint density at radius 1 is 1.21 bits per heavy atom. The second-order valence-corrected chi connectivity index (χ2v) is 5.86. The lowest BCUT2D eigenvalue weighted by molar-refractivity contribution is 0.102. The van der Waals surface area contributed by atoms with Crippen LogP contribution in [-0.2, 0) is 0 Å². The first-order valence-corrected chi connectivity index (χ1v) is 7.27. The first kappa shape index (κ1) is 14.3. The first-order valence-electron chi connectivity index (χ1n) is 5.81. The third-order valence-corrected chi connectivity index (χ3v) is 4.55. The van der Waals surface area contributed by atoms with Crippen molar-refractivity contribution in [3.63, 3.8) is 0 Å². The number of rotatable bonds is 2. The number of halogens is 2. The molecule has 0 aliphatic rings. The number of benzene rings is 2. The molecule has 2 nitrogen and oxygen atoms in total. The lowest BCUT2D eigenvalue weighted by Gasteiger charge is -2.10. The topological polar surface area (TPSA) is 29.1 Å². The Morgan fingerprint density at radius 2 is 1.95 bits per heavy atom. The highest BCUT2D eigenvalue weighted by molar-refractivity contribution is 14.1. The van der Waals surface area contributed by atoms with E-state index in [9.17, 15) is 4.79 Å². The van der Waals surface area contributed by atoms with Crippen LogP contribution in [0.2, 0.25) is 5.02 Å². The molecule has 0 bridgehead atoms. The lowest BCUT2D eigenvalue weighted by atomic mass is 10.1. The van der Waals surface area contributed by atoms with Crippen LogP contribution in [0.5, 0.6) is 0 Å². The number of carbonyl (C=O) groups is 1. The zero-order chi connectivity index (χ0) is 14.0. The van der Waals surface area contributed by atoms with E-state index in [4.69, 9.17) is 11.6 Å². The van der Waals surface area contributed by atoms with E-state index < -0.39 is 0 Å². The monoisotopic (exact) mass is 385 g/mol. The van der Waals surface area contributed by atoms with Crippen molar-refractivity contribution in [3.8, 4) is 0 Å². The van der Waals surface area contributed by atoms with E-state index in [2.05, 4.69) is 27.9 Å². The van der Waals surface area contributed by atoms with Gasteiger partial charge in [-0.05, 0) is 65.8 Å². The number of aryl methyl sites for hydroxylation is 2. The van der Waals surface area contributed by atoms with E-state index in [1.165, 1.54) is 0 Å². The molecule has 0 saturated carbocycles. The van der Waals surface area contributed by atoms with Gasteiger partial charge in [0.05, 0.1) is 16.3 Å². The van der Waals surface area contributed by atoms with Gasteiger partial charge in [0.2, 0.25) is 0 Å². The number of hydrogen-bond acceptors (Lipinski definition) is 1. The van der Waals surface area contributed by atoms with Crippen molar-refractivity contribution >= 4 is 45.8 Å². The Balaban J connectivity index is 2.28. The van der Waals surface area contributed by atoms with Gasteiger partial charge in [0.15, 0.2) is 0 Å². The summed E-state index contributed by atoms with van der Waals surface area (Å²) in [5.74, 6) is -0.140. The molecule has 0 spiro atoms. The van der Waals surface area contributed by atoms with Crippen LogP contribution in [0.3, 0.4) is 0 Å². The lowest BCUT2D eigenvalue weighted by Crippen LogP contribution is -2.14. The summed E-state index contributed by atoms with van der Waals surface area (Å²) in [6.45, 7) is 3.94. The van der Waals surface area contributed by atoms with Crippen LogP contribution < -0.4 is 5.32 Å². The molecule has 98 valence electrons. The zero-order valence-electron chi connectivity index (χ0n) is 10.6.